The third-order valence-corrected chi connectivity index (χ3v) is 4.01. The fourth-order valence-electron chi connectivity index (χ4n) is 2.66. The summed E-state index contributed by atoms with van der Waals surface area (Å²) in [5.74, 6) is -0.275. The molecule has 0 spiro atoms. The fourth-order valence-corrected chi connectivity index (χ4v) is 2.89. The van der Waals surface area contributed by atoms with Crippen LogP contribution >= 0.6 is 12.2 Å². The zero-order valence-corrected chi connectivity index (χ0v) is 12.7. The van der Waals surface area contributed by atoms with Crippen molar-refractivity contribution in [2.75, 3.05) is 10.6 Å². The van der Waals surface area contributed by atoms with Gasteiger partial charge in [-0.15, -0.1) is 0 Å². The topological polar surface area (TPSA) is 24.1 Å². The van der Waals surface area contributed by atoms with Gasteiger partial charge < -0.3 is 10.6 Å². The summed E-state index contributed by atoms with van der Waals surface area (Å²) < 4.78 is 13.3. The van der Waals surface area contributed by atoms with E-state index in [0.29, 0.717) is 10.8 Å². The van der Waals surface area contributed by atoms with Crippen LogP contribution in [0.4, 0.5) is 15.8 Å². The number of rotatable bonds is 2. The standard InChI is InChI=1S/C17H17FN2S/c1-11-5-7-14(18)10-16(11)20-17(21)19-15-8-6-12-3-2-4-13(12)9-15/h5-10H,2-4H2,1H3,(H2,19,20,21). The van der Waals surface area contributed by atoms with Gasteiger partial charge in [0.25, 0.3) is 0 Å². The van der Waals surface area contributed by atoms with Crippen LogP contribution in [0.25, 0.3) is 0 Å². The van der Waals surface area contributed by atoms with E-state index in [1.807, 2.05) is 13.0 Å². The second kappa shape index (κ2) is 5.82. The van der Waals surface area contributed by atoms with E-state index >= 15 is 0 Å². The predicted molar refractivity (Wildman–Crippen MR) is 89.4 cm³/mol. The smallest absolute Gasteiger partial charge is 0.175 e. The lowest BCUT2D eigenvalue weighted by atomic mass is 10.1. The molecule has 0 saturated heterocycles. The largest absolute Gasteiger partial charge is 0.332 e. The van der Waals surface area contributed by atoms with Crippen LogP contribution < -0.4 is 10.6 Å². The van der Waals surface area contributed by atoms with E-state index in [1.54, 1.807) is 6.07 Å². The summed E-state index contributed by atoms with van der Waals surface area (Å²) in [6.07, 6.45) is 3.53. The van der Waals surface area contributed by atoms with Crippen molar-refractivity contribution in [2.24, 2.45) is 0 Å². The van der Waals surface area contributed by atoms with Gasteiger partial charge in [0, 0.05) is 11.4 Å². The Bertz CT molecular complexity index is 697. The lowest BCUT2D eigenvalue weighted by Gasteiger charge is -2.13. The van der Waals surface area contributed by atoms with Crippen molar-refractivity contribution in [3.63, 3.8) is 0 Å². The molecular formula is C17H17FN2S. The fraction of sp³-hybridized carbons (Fsp3) is 0.235. The minimum Gasteiger partial charge on any atom is -0.332 e. The molecule has 2 aromatic rings. The molecule has 3 rings (SSSR count). The Kier molecular flexibility index (Phi) is 3.88. The molecule has 0 amide bonds. The van der Waals surface area contributed by atoms with Crippen molar-refractivity contribution in [3.8, 4) is 0 Å². The number of fused-ring (bicyclic) bond motifs is 1. The van der Waals surface area contributed by atoms with E-state index in [9.17, 15) is 4.39 Å². The molecule has 2 aromatic carbocycles. The van der Waals surface area contributed by atoms with E-state index < -0.39 is 0 Å². The molecule has 21 heavy (non-hydrogen) atoms. The van der Waals surface area contributed by atoms with E-state index in [2.05, 4.69) is 22.8 Å². The van der Waals surface area contributed by atoms with E-state index in [4.69, 9.17) is 12.2 Å². The minimum absolute atomic E-state index is 0.275. The van der Waals surface area contributed by atoms with Crippen LogP contribution in [0.1, 0.15) is 23.1 Å². The maximum Gasteiger partial charge on any atom is 0.175 e. The Labute approximate surface area is 129 Å². The molecule has 0 radical (unpaired) electrons. The highest BCUT2D eigenvalue weighted by Gasteiger charge is 2.11. The maximum absolute atomic E-state index is 13.3. The first-order chi connectivity index (χ1) is 10.1. The molecule has 0 saturated carbocycles. The average molecular weight is 300 g/mol. The predicted octanol–water partition coefficient (Wildman–Crippen LogP) is 4.43. The quantitative estimate of drug-likeness (QED) is 0.802. The van der Waals surface area contributed by atoms with Gasteiger partial charge in [-0.1, -0.05) is 12.1 Å². The van der Waals surface area contributed by atoms with Gasteiger partial charge >= 0.3 is 0 Å². The molecule has 2 N–H and O–H groups in total. The average Bonchev–Trinajstić information content (AvgIpc) is 2.90. The molecule has 0 aliphatic heterocycles. The zero-order chi connectivity index (χ0) is 14.8. The van der Waals surface area contributed by atoms with Crippen LogP contribution in [-0.2, 0) is 12.8 Å². The first-order valence-corrected chi connectivity index (χ1v) is 7.48. The second-order valence-electron chi connectivity index (χ2n) is 5.38. The lowest BCUT2D eigenvalue weighted by molar-refractivity contribution is 0.628. The number of nitrogens with one attached hydrogen (secondary N) is 2. The van der Waals surface area contributed by atoms with Crippen molar-refractivity contribution < 1.29 is 4.39 Å². The number of hydrogen-bond acceptors (Lipinski definition) is 1. The number of aryl methyl sites for hydroxylation is 3. The summed E-state index contributed by atoms with van der Waals surface area (Å²) in [7, 11) is 0. The second-order valence-corrected chi connectivity index (χ2v) is 5.78. The zero-order valence-electron chi connectivity index (χ0n) is 11.9. The first-order valence-electron chi connectivity index (χ1n) is 7.08. The molecule has 0 atom stereocenters. The Morgan fingerprint density at radius 1 is 1.05 bits per heavy atom. The van der Waals surface area contributed by atoms with E-state index in [-0.39, 0.29) is 5.82 Å². The Balaban J connectivity index is 1.70. The molecule has 0 unspecified atom stereocenters. The summed E-state index contributed by atoms with van der Waals surface area (Å²) in [5.41, 5.74) is 5.44. The maximum atomic E-state index is 13.3. The molecule has 0 aromatic heterocycles. The van der Waals surface area contributed by atoms with Gasteiger partial charge in [-0.25, -0.2) is 4.39 Å². The Morgan fingerprint density at radius 3 is 2.71 bits per heavy atom. The summed E-state index contributed by atoms with van der Waals surface area (Å²) >= 11 is 5.30. The van der Waals surface area contributed by atoms with Gasteiger partial charge in [0.1, 0.15) is 5.82 Å². The van der Waals surface area contributed by atoms with Gasteiger partial charge in [0.05, 0.1) is 0 Å². The summed E-state index contributed by atoms with van der Waals surface area (Å²) in [5, 5.41) is 6.69. The number of hydrogen-bond donors (Lipinski definition) is 2. The Hall–Kier alpha value is -1.94. The highest BCUT2D eigenvalue weighted by atomic mass is 32.1. The number of halogens is 1. The Morgan fingerprint density at radius 2 is 1.86 bits per heavy atom. The van der Waals surface area contributed by atoms with Gasteiger partial charge in [0.15, 0.2) is 5.11 Å². The molecular weight excluding hydrogens is 283 g/mol. The molecule has 2 nitrogen and oxygen atoms in total. The van der Waals surface area contributed by atoms with Crippen LogP contribution in [-0.4, -0.2) is 5.11 Å². The van der Waals surface area contributed by atoms with Crippen LogP contribution in [0.3, 0.4) is 0 Å². The van der Waals surface area contributed by atoms with Crippen LogP contribution in [0.5, 0.6) is 0 Å². The molecule has 4 heteroatoms. The van der Waals surface area contributed by atoms with Crippen molar-refractivity contribution in [2.45, 2.75) is 26.2 Å². The van der Waals surface area contributed by atoms with Crippen LogP contribution in [0, 0.1) is 12.7 Å². The van der Waals surface area contributed by atoms with E-state index in [0.717, 1.165) is 17.7 Å². The minimum atomic E-state index is -0.275. The highest BCUT2D eigenvalue weighted by Crippen LogP contribution is 2.25. The van der Waals surface area contributed by atoms with E-state index in [1.165, 1.54) is 36.1 Å². The summed E-state index contributed by atoms with van der Waals surface area (Å²) in [6.45, 7) is 1.92. The van der Waals surface area contributed by atoms with Crippen molar-refractivity contribution >= 4 is 28.7 Å². The third-order valence-electron chi connectivity index (χ3n) is 3.80. The molecule has 1 aliphatic carbocycles. The number of thiocarbonyl (C=S) groups is 1. The summed E-state index contributed by atoms with van der Waals surface area (Å²) in [4.78, 5) is 0. The highest BCUT2D eigenvalue weighted by molar-refractivity contribution is 7.80. The molecule has 0 bridgehead atoms. The van der Waals surface area contributed by atoms with Crippen molar-refractivity contribution in [1.29, 1.82) is 0 Å². The van der Waals surface area contributed by atoms with Crippen molar-refractivity contribution in [1.82, 2.24) is 0 Å². The monoisotopic (exact) mass is 300 g/mol. The molecule has 0 fully saturated rings. The third kappa shape index (κ3) is 3.22. The van der Waals surface area contributed by atoms with Gasteiger partial charge in [-0.3, -0.25) is 0 Å². The first kappa shape index (κ1) is 14.0. The number of benzene rings is 2. The molecule has 0 heterocycles. The van der Waals surface area contributed by atoms with Gasteiger partial charge in [-0.2, -0.15) is 0 Å². The van der Waals surface area contributed by atoms with Gasteiger partial charge in [-0.05, 0) is 79.4 Å². The number of anilines is 2. The summed E-state index contributed by atoms with van der Waals surface area (Å²) in [6, 6.07) is 11.0. The lowest BCUT2D eigenvalue weighted by Crippen LogP contribution is -2.19. The molecule has 108 valence electrons. The molecule has 1 aliphatic rings. The van der Waals surface area contributed by atoms with Crippen molar-refractivity contribution in [3.05, 3.63) is 58.9 Å². The van der Waals surface area contributed by atoms with Gasteiger partial charge in [0.2, 0.25) is 0 Å². The van der Waals surface area contributed by atoms with Crippen LogP contribution in [0.2, 0.25) is 0 Å². The normalized spacial score (nSPS) is 12.9. The SMILES string of the molecule is Cc1ccc(F)cc1NC(=S)Nc1ccc2c(c1)CCC2. The van der Waals surface area contributed by atoms with Crippen LogP contribution in [0.15, 0.2) is 36.4 Å².